The van der Waals surface area contributed by atoms with Crippen molar-refractivity contribution in [1.29, 1.82) is 0 Å². The maximum absolute atomic E-state index is 4.93. The van der Waals surface area contributed by atoms with Gasteiger partial charge in [0.05, 0.1) is 0 Å². The molecule has 0 aliphatic carbocycles. The van der Waals surface area contributed by atoms with Crippen LogP contribution in [-0.4, -0.2) is 9.55 Å². The number of imidazole rings is 1. The number of nitrogens with zero attached hydrogens (tertiary/aromatic N) is 2. The van der Waals surface area contributed by atoms with Gasteiger partial charge >= 0.3 is 0 Å². The minimum atomic E-state index is 0.583. The predicted octanol–water partition coefficient (Wildman–Crippen LogP) is 13.1. The summed E-state index contributed by atoms with van der Waals surface area (Å²) in [7, 11) is 0. The molecule has 0 aliphatic rings. The molecule has 2 atom stereocenters. The minimum Gasteiger partial charge on any atom is -0.332 e. The monoisotopic (exact) mass is 531 g/mol. The summed E-state index contributed by atoms with van der Waals surface area (Å²) in [6.07, 6.45) is 42.4. The lowest BCUT2D eigenvalue weighted by molar-refractivity contribution is 0.421. The molecule has 0 fully saturated rings. The van der Waals surface area contributed by atoms with E-state index in [0.717, 1.165) is 0 Å². The number of unbranched alkanes of at least 4 members (excludes halogenated alkanes) is 21. The Morgan fingerprint density at radius 1 is 0.500 bits per heavy atom. The van der Waals surface area contributed by atoms with E-state index in [-0.39, 0.29) is 0 Å². The Hall–Kier alpha value is -0.790. The second-order valence-electron chi connectivity index (χ2n) is 12.5. The summed E-state index contributed by atoms with van der Waals surface area (Å²) in [5.41, 5.74) is 0. The summed E-state index contributed by atoms with van der Waals surface area (Å²) in [4.78, 5) is 4.93. The zero-order chi connectivity index (χ0) is 27.5. The maximum Gasteiger partial charge on any atom is 0.111 e. The molecule has 0 N–H and O–H groups in total. The second-order valence-corrected chi connectivity index (χ2v) is 12.5. The zero-order valence-corrected chi connectivity index (χ0v) is 26.8. The van der Waals surface area contributed by atoms with Crippen LogP contribution in [-0.2, 0) is 0 Å². The van der Waals surface area contributed by atoms with Crippen molar-refractivity contribution in [2.24, 2.45) is 0 Å². The van der Waals surface area contributed by atoms with Crippen molar-refractivity contribution in [2.75, 3.05) is 0 Å². The summed E-state index contributed by atoms with van der Waals surface area (Å²) >= 11 is 0. The second kappa shape index (κ2) is 26.4. The first-order chi connectivity index (χ1) is 18.7. The van der Waals surface area contributed by atoms with E-state index in [4.69, 9.17) is 4.98 Å². The summed E-state index contributed by atoms with van der Waals surface area (Å²) in [5, 5.41) is 0. The summed E-state index contributed by atoms with van der Waals surface area (Å²) in [6.45, 7) is 9.31. The molecule has 2 unspecified atom stereocenters. The van der Waals surface area contributed by atoms with Gasteiger partial charge in [-0.05, 0) is 26.2 Å². The molecule has 0 aliphatic heterocycles. The first-order valence-electron chi connectivity index (χ1n) is 17.8. The smallest absolute Gasteiger partial charge is 0.111 e. The van der Waals surface area contributed by atoms with E-state index < -0.39 is 0 Å². The molecule has 0 radical (unpaired) electrons. The van der Waals surface area contributed by atoms with Crippen LogP contribution in [0.1, 0.15) is 219 Å². The highest BCUT2D eigenvalue weighted by molar-refractivity contribution is 5.02. The quantitative estimate of drug-likeness (QED) is 0.0941. The summed E-state index contributed by atoms with van der Waals surface area (Å²) < 4.78 is 2.52. The normalized spacial score (nSPS) is 13.3. The highest BCUT2D eigenvalue weighted by atomic mass is 15.1. The molecule has 2 heteroatoms. The molecule has 0 spiro atoms. The van der Waals surface area contributed by atoms with Crippen molar-refractivity contribution < 1.29 is 0 Å². The Kier molecular flexibility index (Phi) is 24.5. The molecule has 1 rings (SSSR count). The SMILES string of the molecule is CCCCCCCCCCCCCCC(CCCCCCCCCCCCC)c1nccn1C(C)CCC. The Labute approximate surface area is 240 Å². The molecular weight excluding hydrogens is 460 g/mol. The van der Waals surface area contributed by atoms with Gasteiger partial charge in [-0.3, -0.25) is 0 Å². The fourth-order valence-corrected chi connectivity index (χ4v) is 6.26. The molecule has 38 heavy (non-hydrogen) atoms. The summed E-state index contributed by atoms with van der Waals surface area (Å²) in [5.74, 6) is 2.05. The molecule has 2 nitrogen and oxygen atoms in total. The van der Waals surface area contributed by atoms with Crippen molar-refractivity contribution in [2.45, 2.75) is 213 Å². The van der Waals surface area contributed by atoms with Crippen molar-refractivity contribution in [1.82, 2.24) is 9.55 Å². The highest BCUT2D eigenvalue weighted by Gasteiger charge is 2.19. The van der Waals surface area contributed by atoms with E-state index in [2.05, 4.69) is 44.7 Å². The van der Waals surface area contributed by atoms with E-state index in [1.807, 2.05) is 0 Å². The largest absolute Gasteiger partial charge is 0.332 e. The van der Waals surface area contributed by atoms with Crippen LogP contribution in [0, 0.1) is 0 Å². The standard InChI is InChI=1S/C36H70N2/c1-5-8-10-12-14-16-18-20-22-24-26-28-31-35(36-37-32-33-38(36)34(4)29-7-3)30-27-25-23-21-19-17-15-13-11-9-6-2/h32-35H,5-31H2,1-4H3. The minimum absolute atomic E-state index is 0.583. The van der Waals surface area contributed by atoms with Crippen LogP contribution < -0.4 is 0 Å². The van der Waals surface area contributed by atoms with E-state index in [0.29, 0.717) is 12.0 Å². The van der Waals surface area contributed by atoms with Gasteiger partial charge in [0.1, 0.15) is 5.82 Å². The van der Waals surface area contributed by atoms with E-state index in [9.17, 15) is 0 Å². The maximum atomic E-state index is 4.93. The van der Waals surface area contributed by atoms with E-state index in [1.54, 1.807) is 0 Å². The van der Waals surface area contributed by atoms with Gasteiger partial charge in [-0.1, -0.05) is 175 Å². The molecule has 1 aromatic rings. The van der Waals surface area contributed by atoms with E-state index in [1.165, 1.54) is 179 Å². The lowest BCUT2D eigenvalue weighted by Gasteiger charge is -2.22. The molecule has 0 saturated carbocycles. The zero-order valence-electron chi connectivity index (χ0n) is 26.8. The van der Waals surface area contributed by atoms with Gasteiger partial charge in [0.25, 0.3) is 0 Å². The van der Waals surface area contributed by atoms with Gasteiger partial charge in [0, 0.05) is 24.4 Å². The fraction of sp³-hybridized carbons (Fsp3) is 0.917. The van der Waals surface area contributed by atoms with Gasteiger partial charge < -0.3 is 4.57 Å². The Balaban J connectivity index is 2.29. The topological polar surface area (TPSA) is 17.8 Å². The number of rotatable bonds is 29. The average Bonchev–Trinajstić information content (AvgIpc) is 3.41. The van der Waals surface area contributed by atoms with Gasteiger partial charge in [0.2, 0.25) is 0 Å². The van der Waals surface area contributed by atoms with Crippen LogP contribution >= 0.6 is 0 Å². The van der Waals surface area contributed by atoms with Crippen molar-refractivity contribution in [3.8, 4) is 0 Å². The third-order valence-electron chi connectivity index (χ3n) is 8.81. The summed E-state index contributed by atoms with van der Waals surface area (Å²) in [6, 6.07) is 0.583. The Morgan fingerprint density at radius 2 is 0.868 bits per heavy atom. The van der Waals surface area contributed by atoms with Crippen molar-refractivity contribution in [3.05, 3.63) is 18.2 Å². The molecular formula is C36H70N2. The Bertz CT molecular complexity index is 592. The highest BCUT2D eigenvalue weighted by Crippen LogP contribution is 2.30. The molecule has 0 bridgehead atoms. The molecule has 0 amide bonds. The molecule has 0 aromatic carbocycles. The third kappa shape index (κ3) is 18.5. The molecule has 224 valence electrons. The lowest BCUT2D eigenvalue weighted by atomic mass is 9.92. The Morgan fingerprint density at radius 3 is 1.24 bits per heavy atom. The van der Waals surface area contributed by atoms with E-state index >= 15 is 0 Å². The number of hydrogen-bond acceptors (Lipinski definition) is 1. The fourth-order valence-electron chi connectivity index (χ4n) is 6.26. The lowest BCUT2D eigenvalue weighted by Crippen LogP contribution is -2.13. The van der Waals surface area contributed by atoms with Gasteiger partial charge in [-0.25, -0.2) is 4.98 Å². The molecule has 1 heterocycles. The molecule has 1 aromatic heterocycles. The number of aromatic nitrogens is 2. The first kappa shape index (κ1) is 35.2. The first-order valence-corrected chi connectivity index (χ1v) is 17.8. The third-order valence-corrected chi connectivity index (χ3v) is 8.81. The number of hydrogen-bond donors (Lipinski definition) is 0. The van der Waals surface area contributed by atoms with Crippen LogP contribution in [0.2, 0.25) is 0 Å². The van der Waals surface area contributed by atoms with Crippen LogP contribution in [0.15, 0.2) is 12.4 Å². The van der Waals surface area contributed by atoms with Crippen molar-refractivity contribution in [3.63, 3.8) is 0 Å². The predicted molar refractivity (Wildman–Crippen MR) is 171 cm³/mol. The van der Waals surface area contributed by atoms with Crippen molar-refractivity contribution >= 4 is 0 Å². The van der Waals surface area contributed by atoms with Crippen LogP contribution in [0.25, 0.3) is 0 Å². The molecule has 0 saturated heterocycles. The van der Waals surface area contributed by atoms with Crippen LogP contribution in [0.3, 0.4) is 0 Å². The van der Waals surface area contributed by atoms with Gasteiger partial charge in [0.15, 0.2) is 0 Å². The van der Waals surface area contributed by atoms with Crippen LogP contribution in [0.4, 0.5) is 0 Å². The van der Waals surface area contributed by atoms with Gasteiger partial charge in [-0.15, -0.1) is 0 Å². The van der Waals surface area contributed by atoms with Gasteiger partial charge in [-0.2, -0.15) is 0 Å². The van der Waals surface area contributed by atoms with Crippen LogP contribution in [0.5, 0.6) is 0 Å². The average molecular weight is 531 g/mol.